The second-order valence-electron chi connectivity index (χ2n) is 3.47. The minimum atomic E-state index is 0. The van der Waals surface area contributed by atoms with E-state index in [1.165, 1.54) is 25.7 Å². The van der Waals surface area contributed by atoms with Crippen molar-refractivity contribution in [1.29, 1.82) is 0 Å². The van der Waals surface area contributed by atoms with Crippen molar-refractivity contribution in [3.8, 4) is 0 Å². The Labute approximate surface area is 84.7 Å². The van der Waals surface area contributed by atoms with Crippen molar-refractivity contribution in [2.24, 2.45) is 5.73 Å². The fourth-order valence-electron chi connectivity index (χ4n) is 1.85. The van der Waals surface area contributed by atoms with E-state index in [0.717, 1.165) is 5.56 Å². The lowest BCUT2D eigenvalue weighted by Crippen LogP contribution is -2.04. The van der Waals surface area contributed by atoms with Gasteiger partial charge in [-0.15, -0.1) is 12.4 Å². The highest BCUT2D eigenvalue weighted by Crippen LogP contribution is 2.28. The van der Waals surface area contributed by atoms with Gasteiger partial charge in [0.2, 0.25) is 0 Å². The van der Waals surface area contributed by atoms with E-state index in [1.807, 2.05) is 6.20 Å². The van der Waals surface area contributed by atoms with Crippen LogP contribution in [0.3, 0.4) is 0 Å². The third kappa shape index (κ3) is 2.23. The van der Waals surface area contributed by atoms with E-state index in [0.29, 0.717) is 12.6 Å². The lowest BCUT2D eigenvalue weighted by Gasteiger charge is -2.08. The van der Waals surface area contributed by atoms with Crippen LogP contribution >= 0.6 is 12.4 Å². The molecule has 1 aromatic heterocycles. The molecule has 1 aromatic rings. The number of hydrogen-bond donors (Lipinski definition) is 1. The smallest absolute Gasteiger partial charge is 0.0534 e. The standard InChI is InChI=1S/C9H15N3.ClH/c10-5-8-6-11-12(7-8)9-3-1-2-4-9;/h6-7,9H,1-5,10H2;1H. The molecule has 74 valence electrons. The van der Waals surface area contributed by atoms with Crippen LogP contribution in [0.25, 0.3) is 0 Å². The van der Waals surface area contributed by atoms with Crippen LogP contribution in [0, 0.1) is 0 Å². The monoisotopic (exact) mass is 201 g/mol. The van der Waals surface area contributed by atoms with Crippen molar-refractivity contribution in [3.63, 3.8) is 0 Å². The normalized spacial score (nSPS) is 17.3. The Balaban J connectivity index is 0.000000845. The third-order valence-electron chi connectivity index (χ3n) is 2.59. The molecule has 1 fully saturated rings. The van der Waals surface area contributed by atoms with Crippen LogP contribution in [0.4, 0.5) is 0 Å². The zero-order valence-electron chi connectivity index (χ0n) is 7.65. The summed E-state index contributed by atoms with van der Waals surface area (Å²) >= 11 is 0. The van der Waals surface area contributed by atoms with Crippen molar-refractivity contribution in [2.45, 2.75) is 38.3 Å². The van der Waals surface area contributed by atoms with Gasteiger partial charge < -0.3 is 5.73 Å². The van der Waals surface area contributed by atoms with Crippen LogP contribution in [0.15, 0.2) is 12.4 Å². The molecule has 1 aliphatic rings. The van der Waals surface area contributed by atoms with Crippen molar-refractivity contribution < 1.29 is 0 Å². The molecule has 2 rings (SSSR count). The highest BCUT2D eigenvalue weighted by molar-refractivity contribution is 5.85. The molecule has 0 saturated heterocycles. The molecule has 3 nitrogen and oxygen atoms in total. The van der Waals surface area contributed by atoms with Crippen molar-refractivity contribution in [1.82, 2.24) is 9.78 Å². The summed E-state index contributed by atoms with van der Waals surface area (Å²) in [5, 5.41) is 4.31. The molecule has 13 heavy (non-hydrogen) atoms. The first-order chi connectivity index (χ1) is 5.90. The van der Waals surface area contributed by atoms with Gasteiger partial charge >= 0.3 is 0 Å². The summed E-state index contributed by atoms with van der Waals surface area (Å²) in [7, 11) is 0. The summed E-state index contributed by atoms with van der Waals surface area (Å²) in [6.45, 7) is 0.604. The van der Waals surface area contributed by atoms with Gasteiger partial charge in [0, 0.05) is 18.3 Å². The average Bonchev–Trinajstić information content (AvgIpc) is 2.75. The van der Waals surface area contributed by atoms with E-state index >= 15 is 0 Å². The van der Waals surface area contributed by atoms with E-state index in [9.17, 15) is 0 Å². The Morgan fingerprint density at radius 2 is 2.15 bits per heavy atom. The second-order valence-corrected chi connectivity index (χ2v) is 3.47. The molecule has 0 amide bonds. The van der Waals surface area contributed by atoms with E-state index in [2.05, 4.69) is 16.0 Å². The molecular formula is C9H16ClN3. The minimum absolute atomic E-state index is 0. The zero-order valence-corrected chi connectivity index (χ0v) is 8.46. The summed E-state index contributed by atoms with van der Waals surface area (Å²) in [5.41, 5.74) is 6.65. The Kier molecular flexibility index (Phi) is 3.75. The Hall–Kier alpha value is -0.540. The lowest BCUT2D eigenvalue weighted by molar-refractivity contribution is 0.466. The fraction of sp³-hybridized carbons (Fsp3) is 0.667. The topological polar surface area (TPSA) is 43.8 Å². The maximum atomic E-state index is 5.51. The van der Waals surface area contributed by atoms with Gasteiger partial charge in [-0.2, -0.15) is 5.10 Å². The maximum Gasteiger partial charge on any atom is 0.0534 e. The number of nitrogens with zero attached hydrogens (tertiary/aromatic N) is 2. The van der Waals surface area contributed by atoms with Gasteiger partial charge in [0.05, 0.1) is 12.2 Å². The summed E-state index contributed by atoms with van der Waals surface area (Å²) in [6, 6.07) is 0.644. The quantitative estimate of drug-likeness (QED) is 0.794. The van der Waals surface area contributed by atoms with Crippen molar-refractivity contribution in [3.05, 3.63) is 18.0 Å². The van der Waals surface area contributed by atoms with Gasteiger partial charge in [0.25, 0.3) is 0 Å². The Morgan fingerprint density at radius 1 is 1.46 bits per heavy atom. The minimum Gasteiger partial charge on any atom is -0.326 e. The van der Waals surface area contributed by atoms with Crippen molar-refractivity contribution in [2.75, 3.05) is 0 Å². The molecule has 0 radical (unpaired) electrons. The number of hydrogen-bond acceptors (Lipinski definition) is 2. The highest BCUT2D eigenvalue weighted by Gasteiger charge is 2.16. The predicted octanol–water partition coefficient (Wildman–Crippen LogP) is 1.88. The summed E-state index contributed by atoms with van der Waals surface area (Å²) in [5.74, 6) is 0. The van der Waals surface area contributed by atoms with Gasteiger partial charge in [-0.05, 0) is 12.8 Å². The molecule has 0 bridgehead atoms. The summed E-state index contributed by atoms with van der Waals surface area (Å²) in [4.78, 5) is 0. The molecule has 0 atom stereocenters. The summed E-state index contributed by atoms with van der Waals surface area (Å²) < 4.78 is 2.08. The fourth-order valence-corrected chi connectivity index (χ4v) is 1.85. The Bertz CT molecular complexity index is 253. The molecule has 0 aromatic carbocycles. The van der Waals surface area contributed by atoms with Gasteiger partial charge in [0.15, 0.2) is 0 Å². The molecule has 0 unspecified atom stereocenters. The Morgan fingerprint density at radius 3 is 2.69 bits per heavy atom. The van der Waals surface area contributed by atoms with E-state index in [4.69, 9.17) is 5.73 Å². The van der Waals surface area contributed by atoms with Crippen molar-refractivity contribution >= 4 is 12.4 Å². The van der Waals surface area contributed by atoms with E-state index < -0.39 is 0 Å². The number of rotatable bonds is 2. The van der Waals surface area contributed by atoms with Gasteiger partial charge in [0.1, 0.15) is 0 Å². The number of halogens is 1. The molecule has 1 saturated carbocycles. The largest absolute Gasteiger partial charge is 0.326 e. The number of aromatic nitrogens is 2. The first kappa shape index (κ1) is 10.5. The van der Waals surface area contributed by atoms with Gasteiger partial charge in [-0.25, -0.2) is 0 Å². The summed E-state index contributed by atoms with van der Waals surface area (Å²) in [6.07, 6.45) is 9.22. The predicted molar refractivity (Wildman–Crippen MR) is 54.9 cm³/mol. The first-order valence-corrected chi connectivity index (χ1v) is 4.63. The zero-order chi connectivity index (χ0) is 8.39. The van der Waals surface area contributed by atoms with Gasteiger partial charge in [-0.3, -0.25) is 4.68 Å². The van der Waals surface area contributed by atoms with Crippen LogP contribution in [-0.2, 0) is 6.54 Å². The number of nitrogens with two attached hydrogens (primary N) is 1. The third-order valence-corrected chi connectivity index (χ3v) is 2.59. The maximum absolute atomic E-state index is 5.51. The molecule has 0 aliphatic heterocycles. The van der Waals surface area contributed by atoms with Crippen LogP contribution in [0.5, 0.6) is 0 Å². The molecule has 0 spiro atoms. The second kappa shape index (κ2) is 4.63. The molecule has 1 aliphatic carbocycles. The molecule has 1 heterocycles. The first-order valence-electron chi connectivity index (χ1n) is 4.63. The van der Waals surface area contributed by atoms with Crippen LogP contribution < -0.4 is 5.73 Å². The average molecular weight is 202 g/mol. The molecular weight excluding hydrogens is 186 g/mol. The van der Waals surface area contributed by atoms with Crippen LogP contribution in [0.2, 0.25) is 0 Å². The molecule has 2 N–H and O–H groups in total. The van der Waals surface area contributed by atoms with E-state index in [1.54, 1.807) is 0 Å². The SMILES string of the molecule is Cl.NCc1cnn(C2CCCC2)c1. The van der Waals surface area contributed by atoms with Crippen LogP contribution in [-0.4, -0.2) is 9.78 Å². The molecule has 4 heteroatoms. The van der Waals surface area contributed by atoms with Gasteiger partial charge in [-0.1, -0.05) is 12.8 Å². The lowest BCUT2D eigenvalue weighted by atomic mass is 10.2. The van der Waals surface area contributed by atoms with Crippen LogP contribution in [0.1, 0.15) is 37.3 Å². The van der Waals surface area contributed by atoms with E-state index in [-0.39, 0.29) is 12.4 Å². The highest BCUT2D eigenvalue weighted by atomic mass is 35.5.